The van der Waals surface area contributed by atoms with Crippen molar-refractivity contribution in [2.24, 2.45) is 0 Å². The van der Waals surface area contributed by atoms with Crippen LogP contribution in [-0.4, -0.2) is 11.7 Å². The maximum Gasteiger partial charge on any atom is 0.128 e. The summed E-state index contributed by atoms with van der Waals surface area (Å²) >= 11 is 3.34. The lowest BCUT2D eigenvalue weighted by molar-refractivity contribution is 0.212. The van der Waals surface area contributed by atoms with Crippen LogP contribution in [0.3, 0.4) is 0 Å². The zero-order valence-electron chi connectivity index (χ0n) is 10.1. The molecule has 2 aromatic carbocycles. The van der Waals surface area contributed by atoms with E-state index in [1.54, 1.807) is 6.07 Å². The molecule has 0 fully saturated rings. The first-order chi connectivity index (χ1) is 9.16. The van der Waals surface area contributed by atoms with Crippen LogP contribution in [-0.2, 0) is 6.42 Å². The molecule has 0 amide bonds. The molecular weight excluding hydrogens is 311 g/mol. The second-order valence-electron chi connectivity index (χ2n) is 4.50. The van der Waals surface area contributed by atoms with E-state index >= 15 is 0 Å². The van der Waals surface area contributed by atoms with Crippen LogP contribution in [0.1, 0.15) is 22.8 Å². The maximum absolute atomic E-state index is 13.3. The summed E-state index contributed by atoms with van der Waals surface area (Å²) in [5, 5.41) is 10.5. The van der Waals surface area contributed by atoms with Crippen molar-refractivity contribution >= 4 is 15.9 Å². The second kappa shape index (κ2) is 4.94. The molecule has 1 atom stereocenters. The summed E-state index contributed by atoms with van der Waals surface area (Å²) in [6.45, 7) is 0.628. The zero-order valence-corrected chi connectivity index (χ0v) is 11.7. The van der Waals surface area contributed by atoms with Crippen LogP contribution in [0.5, 0.6) is 5.75 Å². The SMILES string of the molecule is OC(c1cc(F)ccc1Br)c1cccc2c1OCC2. The van der Waals surface area contributed by atoms with Gasteiger partial charge in [0.1, 0.15) is 17.7 Å². The van der Waals surface area contributed by atoms with Crippen molar-refractivity contribution in [2.75, 3.05) is 6.61 Å². The molecule has 0 spiro atoms. The number of para-hydroxylation sites is 1. The third-order valence-electron chi connectivity index (χ3n) is 3.29. The van der Waals surface area contributed by atoms with E-state index in [0.29, 0.717) is 22.2 Å². The fraction of sp³-hybridized carbons (Fsp3) is 0.200. The molecule has 0 saturated carbocycles. The molecule has 19 heavy (non-hydrogen) atoms. The van der Waals surface area contributed by atoms with Gasteiger partial charge in [0.05, 0.1) is 6.61 Å². The van der Waals surface area contributed by atoms with Crippen LogP contribution >= 0.6 is 15.9 Å². The van der Waals surface area contributed by atoms with Crippen LogP contribution in [0.2, 0.25) is 0 Å². The highest BCUT2D eigenvalue weighted by molar-refractivity contribution is 9.10. The Hall–Kier alpha value is -1.39. The van der Waals surface area contributed by atoms with Gasteiger partial charge < -0.3 is 9.84 Å². The summed E-state index contributed by atoms with van der Waals surface area (Å²) in [5.41, 5.74) is 2.27. The third kappa shape index (κ3) is 2.26. The summed E-state index contributed by atoms with van der Waals surface area (Å²) in [5.74, 6) is 0.358. The maximum atomic E-state index is 13.3. The smallest absolute Gasteiger partial charge is 0.128 e. The molecule has 1 unspecified atom stereocenters. The quantitative estimate of drug-likeness (QED) is 0.915. The number of fused-ring (bicyclic) bond motifs is 1. The van der Waals surface area contributed by atoms with Crippen molar-refractivity contribution < 1.29 is 14.2 Å². The summed E-state index contributed by atoms with van der Waals surface area (Å²) < 4.78 is 19.6. The number of aliphatic hydroxyl groups excluding tert-OH is 1. The summed E-state index contributed by atoms with van der Waals surface area (Å²) in [6, 6.07) is 9.97. The van der Waals surface area contributed by atoms with Gasteiger partial charge in [0, 0.05) is 22.0 Å². The molecule has 0 bridgehead atoms. The molecule has 1 heterocycles. The Morgan fingerprint density at radius 1 is 1.21 bits per heavy atom. The average molecular weight is 323 g/mol. The minimum absolute atomic E-state index is 0.370. The average Bonchev–Trinajstić information content (AvgIpc) is 2.89. The minimum atomic E-state index is -0.905. The van der Waals surface area contributed by atoms with Gasteiger partial charge in [0.15, 0.2) is 0 Å². The van der Waals surface area contributed by atoms with Crippen molar-refractivity contribution in [1.82, 2.24) is 0 Å². The first-order valence-corrected chi connectivity index (χ1v) is 6.83. The number of aliphatic hydroxyl groups is 1. The Kier molecular flexibility index (Phi) is 3.29. The third-order valence-corrected chi connectivity index (χ3v) is 4.01. The van der Waals surface area contributed by atoms with E-state index in [9.17, 15) is 9.50 Å². The number of ether oxygens (including phenoxy) is 1. The van der Waals surface area contributed by atoms with E-state index in [-0.39, 0.29) is 5.82 Å². The first-order valence-electron chi connectivity index (χ1n) is 6.04. The molecule has 98 valence electrons. The van der Waals surface area contributed by atoms with Gasteiger partial charge >= 0.3 is 0 Å². The fourth-order valence-electron chi connectivity index (χ4n) is 2.35. The van der Waals surface area contributed by atoms with Crippen molar-refractivity contribution in [1.29, 1.82) is 0 Å². The van der Waals surface area contributed by atoms with Gasteiger partial charge in [-0.15, -0.1) is 0 Å². The van der Waals surface area contributed by atoms with Gasteiger partial charge in [-0.1, -0.05) is 34.1 Å². The van der Waals surface area contributed by atoms with E-state index in [1.807, 2.05) is 18.2 Å². The van der Waals surface area contributed by atoms with Gasteiger partial charge in [-0.2, -0.15) is 0 Å². The molecule has 3 rings (SSSR count). The number of hydrogen-bond acceptors (Lipinski definition) is 2. The van der Waals surface area contributed by atoms with E-state index in [1.165, 1.54) is 12.1 Å². The lowest BCUT2D eigenvalue weighted by atomic mass is 9.98. The Morgan fingerprint density at radius 3 is 2.89 bits per heavy atom. The summed E-state index contributed by atoms with van der Waals surface area (Å²) in [7, 11) is 0. The first kappa shape index (κ1) is 12.6. The largest absolute Gasteiger partial charge is 0.493 e. The van der Waals surface area contributed by atoms with E-state index in [2.05, 4.69) is 15.9 Å². The van der Waals surface area contributed by atoms with Crippen LogP contribution in [0, 0.1) is 5.82 Å². The number of hydrogen-bond donors (Lipinski definition) is 1. The van der Waals surface area contributed by atoms with Crippen LogP contribution in [0.4, 0.5) is 4.39 Å². The normalized spacial score (nSPS) is 14.9. The Balaban J connectivity index is 2.07. The standard InChI is InChI=1S/C15H12BrFO2/c16-13-5-4-10(17)8-12(13)14(18)11-3-1-2-9-6-7-19-15(9)11/h1-5,8,14,18H,6-7H2. The topological polar surface area (TPSA) is 29.5 Å². The molecular formula is C15H12BrFO2. The molecule has 0 radical (unpaired) electrons. The van der Waals surface area contributed by atoms with Crippen molar-refractivity contribution in [3.05, 3.63) is 63.4 Å². The summed E-state index contributed by atoms with van der Waals surface area (Å²) in [6.07, 6.45) is -0.0571. The Labute approximate surface area is 119 Å². The number of rotatable bonds is 2. The number of halogens is 2. The predicted octanol–water partition coefficient (Wildman–Crippen LogP) is 3.60. The fourth-order valence-corrected chi connectivity index (χ4v) is 2.81. The highest BCUT2D eigenvalue weighted by Crippen LogP contribution is 2.38. The van der Waals surface area contributed by atoms with Crippen molar-refractivity contribution in [3.8, 4) is 5.75 Å². The molecule has 1 N–H and O–H groups in total. The molecule has 1 aliphatic rings. The Bertz CT molecular complexity index is 628. The predicted molar refractivity (Wildman–Crippen MR) is 73.8 cm³/mol. The zero-order chi connectivity index (χ0) is 13.4. The monoisotopic (exact) mass is 322 g/mol. The van der Waals surface area contributed by atoms with E-state index in [0.717, 1.165) is 17.7 Å². The second-order valence-corrected chi connectivity index (χ2v) is 5.36. The van der Waals surface area contributed by atoms with Gasteiger partial charge in [-0.25, -0.2) is 4.39 Å². The van der Waals surface area contributed by atoms with Crippen molar-refractivity contribution in [2.45, 2.75) is 12.5 Å². The molecule has 4 heteroatoms. The number of benzene rings is 2. The summed E-state index contributed by atoms with van der Waals surface area (Å²) in [4.78, 5) is 0. The molecule has 2 aromatic rings. The Morgan fingerprint density at radius 2 is 2.05 bits per heavy atom. The van der Waals surface area contributed by atoms with Gasteiger partial charge in [0.25, 0.3) is 0 Å². The van der Waals surface area contributed by atoms with Crippen LogP contribution in [0.15, 0.2) is 40.9 Å². The van der Waals surface area contributed by atoms with Crippen molar-refractivity contribution in [3.63, 3.8) is 0 Å². The van der Waals surface area contributed by atoms with Crippen LogP contribution in [0.25, 0.3) is 0 Å². The molecule has 0 saturated heterocycles. The lowest BCUT2D eigenvalue weighted by Crippen LogP contribution is -2.03. The molecule has 0 aromatic heterocycles. The van der Waals surface area contributed by atoms with Gasteiger partial charge in [-0.05, 0) is 23.8 Å². The van der Waals surface area contributed by atoms with Gasteiger partial charge in [0.2, 0.25) is 0 Å². The highest BCUT2D eigenvalue weighted by atomic mass is 79.9. The molecule has 1 aliphatic heterocycles. The lowest BCUT2D eigenvalue weighted by Gasteiger charge is -2.16. The van der Waals surface area contributed by atoms with E-state index in [4.69, 9.17) is 4.74 Å². The molecule has 2 nitrogen and oxygen atoms in total. The minimum Gasteiger partial charge on any atom is -0.493 e. The van der Waals surface area contributed by atoms with Gasteiger partial charge in [-0.3, -0.25) is 0 Å². The van der Waals surface area contributed by atoms with Crippen LogP contribution < -0.4 is 4.74 Å². The highest BCUT2D eigenvalue weighted by Gasteiger charge is 2.23. The van der Waals surface area contributed by atoms with E-state index < -0.39 is 6.10 Å². The molecule has 0 aliphatic carbocycles.